The lowest BCUT2D eigenvalue weighted by Crippen LogP contribution is -2.29. The number of carbonyl (C=O) groups is 2. The predicted molar refractivity (Wildman–Crippen MR) is 178 cm³/mol. The summed E-state index contributed by atoms with van der Waals surface area (Å²) in [5.74, 6) is 0.710. The Bertz CT molecular complexity index is 1850. The van der Waals surface area contributed by atoms with E-state index in [0.717, 1.165) is 40.8 Å². The number of phenols is 1. The molecule has 11 heteroatoms. The first-order valence-electron chi connectivity index (χ1n) is 14.5. The number of anilines is 4. The first-order valence-corrected chi connectivity index (χ1v) is 14.5. The van der Waals surface area contributed by atoms with Gasteiger partial charge in [-0.25, -0.2) is 9.97 Å². The quantitative estimate of drug-likeness (QED) is 0.161. The third-order valence-electron chi connectivity index (χ3n) is 7.46. The summed E-state index contributed by atoms with van der Waals surface area (Å²) in [4.78, 5) is 37.0. The highest BCUT2D eigenvalue weighted by Crippen LogP contribution is 2.38. The zero-order chi connectivity index (χ0) is 32.1. The molecule has 0 saturated heterocycles. The van der Waals surface area contributed by atoms with E-state index in [0.29, 0.717) is 41.6 Å². The first-order chi connectivity index (χ1) is 21.7. The monoisotopic (exact) mass is 607 g/mol. The summed E-state index contributed by atoms with van der Waals surface area (Å²) < 4.78 is 7.83. The second-order valence-electron chi connectivity index (χ2n) is 11.1. The predicted octanol–water partition coefficient (Wildman–Crippen LogP) is 5.37. The number of aromatic nitrogens is 3. The number of aromatic hydroxyl groups is 1. The SMILES string of the molecule is COc1cc(N(C)CCN(C)C)c(NC(C)=O)cc1Nc1nccc(-c2cn(Cc3ccc(O)c(C=O)c3)c3ccccc23)n1. The molecule has 2 heterocycles. The summed E-state index contributed by atoms with van der Waals surface area (Å²) >= 11 is 0. The van der Waals surface area contributed by atoms with Crippen molar-refractivity contribution in [3.05, 3.63) is 84.2 Å². The third-order valence-corrected chi connectivity index (χ3v) is 7.46. The zero-order valence-electron chi connectivity index (χ0n) is 26.0. The van der Waals surface area contributed by atoms with Gasteiger partial charge >= 0.3 is 0 Å². The number of methoxy groups -OCH3 is 1. The van der Waals surface area contributed by atoms with Crippen LogP contribution < -0.4 is 20.3 Å². The number of carbonyl (C=O) groups excluding carboxylic acids is 2. The van der Waals surface area contributed by atoms with Gasteiger partial charge in [0.1, 0.15) is 11.5 Å². The van der Waals surface area contributed by atoms with E-state index in [1.165, 1.54) is 13.0 Å². The van der Waals surface area contributed by atoms with Crippen molar-refractivity contribution in [3.63, 3.8) is 0 Å². The maximum Gasteiger partial charge on any atom is 0.227 e. The zero-order valence-corrected chi connectivity index (χ0v) is 26.0. The van der Waals surface area contributed by atoms with Crippen LogP contribution in [-0.2, 0) is 11.3 Å². The Balaban J connectivity index is 1.49. The molecule has 2 aromatic heterocycles. The molecule has 45 heavy (non-hydrogen) atoms. The molecule has 0 spiro atoms. The molecule has 0 atom stereocenters. The minimum absolute atomic E-state index is 0.0420. The van der Waals surface area contributed by atoms with Gasteiger partial charge < -0.3 is 34.8 Å². The van der Waals surface area contributed by atoms with Gasteiger partial charge in [0.05, 0.1) is 35.4 Å². The first kappa shape index (κ1) is 31.0. The van der Waals surface area contributed by atoms with Crippen LogP contribution in [0.15, 0.2) is 73.1 Å². The molecule has 0 aliphatic heterocycles. The summed E-state index contributed by atoms with van der Waals surface area (Å²) in [5.41, 5.74) is 5.81. The smallest absolute Gasteiger partial charge is 0.227 e. The van der Waals surface area contributed by atoms with Crippen LogP contribution in [0.3, 0.4) is 0 Å². The van der Waals surface area contributed by atoms with E-state index >= 15 is 0 Å². The van der Waals surface area contributed by atoms with Gasteiger partial charge in [-0.1, -0.05) is 24.3 Å². The van der Waals surface area contributed by atoms with E-state index in [4.69, 9.17) is 9.72 Å². The summed E-state index contributed by atoms with van der Waals surface area (Å²) in [6.45, 7) is 3.56. The minimum atomic E-state index is -0.183. The van der Waals surface area contributed by atoms with Gasteiger partial charge in [-0.15, -0.1) is 0 Å². The normalized spacial score (nSPS) is 11.1. The number of phenolic OH excluding ortho intramolecular Hbond substituents is 1. The molecular weight excluding hydrogens is 570 g/mol. The Hall–Kier alpha value is -5.42. The van der Waals surface area contributed by atoms with Gasteiger partial charge in [-0.3, -0.25) is 9.59 Å². The van der Waals surface area contributed by atoms with Crippen molar-refractivity contribution < 1.29 is 19.4 Å². The lowest BCUT2D eigenvalue weighted by Gasteiger charge is -2.25. The molecular formula is C34H37N7O4. The number of ether oxygens (including phenoxy) is 1. The van der Waals surface area contributed by atoms with Crippen molar-refractivity contribution in [1.82, 2.24) is 19.4 Å². The number of hydrogen-bond donors (Lipinski definition) is 3. The molecule has 0 fully saturated rings. The Labute approximate surface area is 262 Å². The van der Waals surface area contributed by atoms with E-state index in [1.807, 2.05) is 69.8 Å². The molecule has 1 amide bonds. The van der Waals surface area contributed by atoms with Gasteiger partial charge in [0.15, 0.2) is 6.29 Å². The molecule has 0 aliphatic rings. The number of nitrogens with one attached hydrogen (secondary N) is 2. The van der Waals surface area contributed by atoms with Crippen LogP contribution in [0.25, 0.3) is 22.2 Å². The molecule has 3 N–H and O–H groups in total. The molecule has 3 aromatic carbocycles. The maximum atomic E-state index is 12.1. The number of aldehydes is 1. The number of likely N-dealkylation sites (N-methyl/N-ethyl adjacent to an activating group) is 2. The van der Waals surface area contributed by atoms with Gasteiger partial charge in [0.25, 0.3) is 0 Å². The summed E-state index contributed by atoms with van der Waals surface area (Å²) in [6, 6.07) is 18.6. The van der Waals surface area contributed by atoms with Gasteiger partial charge in [0.2, 0.25) is 11.9 Å². The number of benzene rings is 3. The molecule has 232 valence electrons. The van der Waals surface area contributed by atoms with Crippen molar-refractivity contribution in [3.8, 4) is 22.8 Å². The minimum Gasteiger partial charge on any atom is -0.507 e. The van der Waals surface area contributed by atoms with Crippen LogP contribution in [0.4, 0.5) is 23.0 Å². The number of rotatable bonds is 12. The highest BCUT2D eigenvalue weighted by atomic mass is 16.5. The van der Waals surface area contributed by atoms with Crippen molar-refractivity contribution in [1.29, 1.82) is 0 Å². The average molecular weight is 608 g/mol. The third kappa shape index (κ3) is 7.05. The van der Waals surface area contributed by atoms with Crippen LogP contribution in [-0.4, -0.2) is 78.1 Å². The number of fused-ring (bicyclic) bond motifs is 1. The van der Waals surface area contributed by atoms with Crippen LogP contribution in [0.2, 0.25) is 0 Å². The van der Waals surface area contributed by atoms with Gasteiger partial charge in [0, 0.05) is 68.5 Å². The Morgan fingerprint density at radius 2 is 1.84 bits per heavy atom. The second-order valence-corrected chi connectivity index (χ2v) is 11.1. The molecule has 11 nitrogen and oxygen atoms in total. The van der Waals surface area contributed by atoms with Gasteiger partial charge in [-0.2, -0.15) is 0 Å². The van der Waals surface area contributed by atoms with Crippen molar-refractivity contribution in [2.75, 3.05) is 56.9 Å². The fourth-order valence-electron chi connectivity index (χ4n) is 5.18. The largest absolute Gasteiger partial charge is 0.507 e. The summed E-state index contributed by atoms with van der Waals surface area (Å²) in [6.07, 6.45) is 4.37. The van der Waals surface area contributed by atoms with E-state index in [-0.39, 0.29) is 17.2 Å². The van der Waals surface area contributed by atoms with E-state index in [1.54, 1.807) is 25.4 Å². The maximum absolute atomic E-state index is 12.1. The average Bonchev–Trinajstić information content (AvgIpc) is 3.39. The fraction of sp³-hybridized carbons (Fsp3) is 0.235. The lowest BCUT2D eigenvalue weighted by molar-refractivity contribution is -0.114. The summed E-state index contributed by atoms with van der Waals surface area (Å²) in [7, 11) is 7.60. The number of nitrogens with zero attached hydrogens (tertiary/aromatic N) is 5. The van der Waals surface area contributed by atoms with E-state index in [9.17, 15) is 14.7 Å². The van der Waals surface area contributed by atoms with Crippen molar-refractivity contribution in [2.24, 2.45) is 0 Å². The molecule has 0 aliphatic carbocycles. The molecule has 5 rings (SSSR count). The Morgan fingerprint density at radius 1 is 1.04 bits per heavy atom. The molecule has 5 aromatic rings. The molecule has 0 radical (unpaired) electrons. The molecule has 0 unspecified atom stereocenters. The van der Waals surface area contributed by atoms with Crippen LogP contribution >= 0.6 is 0 Å². The van der Waals surface area contributed by atoms with Crippen LogP contribution in [0, 0.1) is 0 Å². The number of amides is 1. The second kappa shape index (κ2) is 13.5. The highest BCUT2D eigenvalue weighted by molar-refractivity contribution is 5.96. The Kier molecular flexibility index (Phi) is 9.29. The van der Waals surface area contributed by atoms with Crippen molar-refractivity contribution in [2.45, 2.75) is 13.5 Å². The number of hydrogen-bond acceptors (Lipinski definition) is 9. The van der Waals surface area contributed by atoms with Crippen LogP contribution in [0.5, 0.6) is 11.5 Å². The topological polar surface area (TPSA) is 125 Å². The summed E-state index contributed by atoms with van der Waals surface area (Å²) in [5, 5.41) is 17.2. The fourth-order valence-corrected chi connectivity index (χ4v) is 5.18. The van der Waals surface area contributed by atoms with Gasteiger partial charge in [-0.05, 0) is 50.0 Å². The van der Waals surface area contributed by atoms with E-state index in [2.05, 4.69) is 30.0 Å². The molecule has 0 saturated carbocycles. The Morgan fingerprint density at radius 3 is 2.58 bits per heavy atom. The van der Waals surface area contributed by atoms with Crippen molar-refractivity contribution >= 4 is 46.1 Å². The standard InChI is InChI=1S/C34H37N7O4/c1-22(43)36-28-17-29(33(45-5)18-31(28)40(4)15-14-39(2)3)38-34-35-13-12-27(37-34)26-20-41(30-9-7-6-8-25(26)30)19-23-10-11-32(44)24(16-23)21-42/h6-13,16-18,20-21,44H,14-15,19H2,1-5H3,(H,36,43)(H,35,37,38). The molecule has 0 bridgehead atoms. The van der Waals surface area contributed by atoms with E-state index < -0.39 is 0 Å². The lowest BCUT2D eigenvalue weighted by atomic mass is 10.1. The van der Waals surface area contributed by atoms with Crippen LogP contribution in [0.1, 0.15) is 22.8 Å². The number of para-hydroxylation sites is 1. The highest BCUT2D eigenvalue weighted by Gasteiger charge is 2.18.